The zero-order valence-electron chi connectivity index (χ0n) is 16.8. The summed E-state index contributed by atoms with van der Waals surface area (Å²) in [5.41, 5.74) is 2.13. The van der Waals surface area contributed by atoms with Crippen LogP contribution < -0.4 is 20.8 Å². The highest BCUT2D eigenvalue weighted by atomic mass is 16.5. The molecule has 0 saturated heterocycles. The first-order valence-electron chi connectivity index (χ1n) is 9.61. The first kappa shape index (κ1) is 20.1. The van der Waals surface area contributed by atoms with Crippen molar-refractivity contribution < 1.29 is 18.7 Å². The minimum absolute atomic E-state index is 0.0485. The van der Waals surface area contributed by atoms with E-state index in [0.717, 1.165) is 10.9 Å². The molecule has 9 nitrogen and oxygen atoms in total. The number of anilines is 1. The van der Waals surface area contributed by atoms with Crippen LogP contribution in [0.1, 0.15) is 5.56 Å². The first-order chi connectivity index (χ1) is 15.1. The van der Waals surface area contributed by atoms with E-state index in [1.807, 2.05) is 30.3 Å². The fourth-order valence-corrected chi connectivity index (χ4v) is 3.26. The molecule has 1 aromatic heterocycles. The van der Waals surface area contributed by atoms with Crippen molar-refractivity contribution in [3.05, 3.63) is 60.4 Å². The lowest BCUT2D eigenvalue weighted by Crippen LogP contribution is -2.51. The zero-order chi connectivity index (χ0) is 21.8. The lowest BCUT2D eigenvalue weighted by atomic mass is 10.2. The number of likely N-dealkylation sites (N-methyl/N-ethyl adjacent to an activating group) is 1. The van der Waals surface area contributed by atoms with Crippen LogP contribution >= 0.6 is 0 Å². The summed E-state index contributed by atoms with van der Waals surface area (Å²) in [4.78, 5) is 31.2. The summed E-state index contributed by atoms with van der Waals surface area (Å²) in [5, 5.41) is 6.97. The van der Waals surface area contributed by atoms with E-state index in [1.165, 1.54) is 11.1 Å². The Morgan fingerprint density at radius 2 is 2.10 bits per heavy atom. The number of hydrazone groups is 1. The third-order valence-corrected chi connectivity index (χ3v) is 4.94. The summed E-state index contributed by atoms with van der Waals surface area (Å²) in [5.74, 6) is 4.91. The standard InChI is InChI=1S/C22H21N5O4/c1-27-18-9-15-7-8-30-19(15)10-20(18)31-13-17(22(27)29)25-21(28)16(26-23)12-24-11-14-5-3-2-4-6-14/h2-10,12,17H,11,13,23H2,1H3,(H,25,28)/t17-/m0/s1. The summed E-state index contributed by atoms with van der Waals surface area (Å²) >= 11 is 0. The Hall–Kier alpha value is -4.14. The molecule has 0 aliphatic carbocycles. The number of hydrogen-bond donors (Lipinski definition) is 2. The molecule has 2 amide bonds. The van der Waals surface area contributed by atoms with Gasteiger partial charge in [0.25, 0.3) is 11.8 Å². The van der Waals surface area contributed by atoms with E-state index in [4.69, 9.17) is 15.0 Å². The third kappa shape index (κ3) is 4.25. The van der Waals surface area contributed by atoms with Crippen LogP contribution in [0, 0.1) is 0 Å². The molecule has 4 rings (SSSR count). The zero-order valence-corrected chi connectivity index (χ0v) is 16.8. The highest BCUT2D eigenvalue weighted by molar-refractivity contribution is 6.60. The number of carbonyl (C=O) groups is 2. The Balaban J connectivity index is 1.45. The van der Waals surface area contributed by atoms with E-state index in [2.05, 4.69) is 15.4 Å². The van der Waals surface area contributed by atoms with Crippen molar-refractivity contribution >= 4 is 40.4 Å². The van der Waals surface area contributed by atoms with Gasteiger partial charge in [0, 0.05) is 18.5 Å². The number of nitrogens with two attached hydrogens (primary N) is 1. The van der Waals surface area contributed by atoms with Gasteiger partial charge in [0.15, 0.2) is 5.71 Å². The van der Waals surface area contributed by atoms with Crippen molar-refractivity contribution in [2.75, 3.05) is 18.6 Å². The predicted octanol–water partition coefficient (Wildman–Crippen LogP) is 1.86. The van der Waals surface area contributed by atoms with E-state index in [1.54, 1.807) is 31.5 Å². The van der Waals surface area contributed by atoms with Gasteiger partial charge >= 0.3 is 0 Å². The second-order valence-electron chi connectivity index (χ2n) is 6.98. The highest BCUT2D eigenvalue weighted by Crippen LogP contribution is 2.35. The maximum absolute atomic E-state index is 12.9. The molecule has 3 N–H and O–H groups in total. The number of nitrogens with zero attached hydrogens (tertiary/aromatic N) is 3. The number of hydrogen-bond acceptors (Lipinski definition) is 7. The molecule has 158 valence electrons. The van der Waals surface area contributed by atoms with Gasteiger partial charge in [-0.3, -0.25) is 14.6 Å². The maximum atomic E-state index is 12.9. The van der Waals surface area contributed by atoms with Crippen LogP contribution in [0.2, 0.25) is 0 Å². The second kappa shape index (κ2) is 8.70. The molecule has 2 heterocycles. The Morgan fingerprint density at radius 3 is 2.87 bits per heavy atom. The average Bonchev–Trinajstić information content (AvgIpc) is 3.22. The Kier molecular flexibility index (Phi) is 5.65. The summed E-state index contributed by atoms with van der Waals surface area (Å²) < 4.78 is 11.2. The second-order valence-corrected chi connectivity index (χ2v) is 6.98. The third-order valence-electron chi connectivity index (χ3n) is 4.94. The van der Waals surface area contributed by atoms with E-state index in [-0.39, 0.29) is 18.2 Å². The Morgan fingerprint density at radius 1 is 1.29 bits per heavy atom. The van der Waals surface area contributed by atoms with Gasteiger partial charge < -0.3 is 25.2 Å². The van der Waals surface area contributed by atoms with Crippen LogP contribution in [0.4, 0.5) is 5.69 Å². The van der Waals surface area contributed by atoms with Crippen molar-refractivity contribution in [1.29, 1.82) is 0 Å². The van der Waals surface area contributed by atoms with Crippen LogP contribution in [0.25, 0.3) is 11.0 Å². The normalized spacial score (nSPS) is 16.8. The summed E-state index contributed by atoms with van der Waals surface area (Å²) in [7, 11) is 1.63. The molecule has 31 heavy (non-hydrogen) atoms. The first-order valence-corrected chi connectivity index (χ1v) is 9.61. The van der Waals surface area contributed by atoms with Gasteiger partial charge in [-0.2, -0.15) is 5.10 Å². The number of aliphatic imine (C=N–C) groups is 1. The SMILES string of the molecule is CN1C(=O)[C@@H](NC(=O)C(C=NCc2ccccc2)=NN)COc2cc3occc3cc21. The molecule has 0 spiro atoms. The Bertz CT molecular complexity index is 1170. The van der Waals surface area contributed by atoms with Crippen molar-refractivity contribution in [3.8, 4) is 5.75 Å². The van der Waals surface area contributed by atoms with Crippen molar-refractivity contribution in [3.63, 3.8) is 0 Å². The van der Waals surface area contributed by atoms with Gasteiger partial charge in [-0.25, -0.2) is 0 Å². The lowest BCUT2D eigenvalue weighted by Gasteiger charge is -2.20. The van der Waals surface area contributed by atoms with Crippen LogP contribution in [0.15, 0.2) is 69.3 Å². The lowest BCUT2D eigenvalue weighted by molar-refractivity contribution is -0.124. The molecule has 2 aromatic carbocycles. The van der Waals surface area contributed by atoms with E-state index in [0.29, 0.717) is 23.6 Å². The molecule has 1 aliphatic rings. The Labute approximate surface area is 178 Å². The van der Waals surface area contributed by atoms with Gasteiger partial charge in [0.05, 0.1) is 24.7 Å². The number of ether oxygens (including phenoxy) is 1. The molecule has 0 radical (unpaired) electrons. The number of fused-ring (bicyclic) bond motifs is 2. The van der Waals surface area contributed by atoms with E-state index >= 15 is 0 Å². The van der Waals surface area contributed by atoms with Crippen molar-refractivity contribution in [2.45, 2.75) is 12.6 Å². The molecule has 9 heteroatoms. The van der Waals surface area contributed by atoms with Gasteiger partial charge in [0.2, 0.25) is 0 Å². The van der Waals surface area contributed by atoms with Crippen molar-refractivity contribution in [2.24, 2.45) is 15.9 Å². The van der Waals surface area contributed by atoms with Gasteiger partial charge in [-0.05, 0) is 17.7 Å². The van der Waals surface area contributed by atoms with Gasteiger partial charge in [-0.1, -0.05) is 30.3 Å². The van der Waals surface area contributed by atoms with Crippen LogP contribution in [-0.4, -0.2) is 43.4 Å². The minimum atomic E-state index is -0.921. The molecular weight excluding hydrogens is 398 g/mol. The largest absolute Gasteiger partial charge is 0.489 e. The van der Waals surface area contributed by atoms with E-state index < -0.39 is 11.9 Å². The fraction of sp³-hybridized carbons (Fsp3) is 0.182. The van der Waals surface area contributed by atoms with Crippen LogP contribution in [-0.2, 0) is 16.1 Å². The molecule has 3 aromatic rings. The summed E-state index contributed by atoms with van der Waals surface area (Å²) in [6, 6.07) is 14.0. The smallest absolute Gasteiger partial charge is 0.274 e. The number of furan rings is 1. The van der Waals surface area contributed by atoms with Crippen LogP contribution in [0.3, 0.4) is 0 Å². The quantitative estimate of drug-likeness (QED) is 0.371. The molecule has 1 aliphatic heterocycles. The number of nitrogens with one attached hydrogen (secondary N) is 1. The van der Waals surface area contributed by atoms with Crippen molar-refractivity contribution in [1.82, 2.24) is 5.32 Å². The molecular formula is C22H21N5O4. The summed E-state index contributed by atoms with van der Waals surface area (Å²) in [6.07, 6.45) is 2.86. The molecule has 0 unspecified atom stereocenters. The molecule has 0 fully saturated rings. The topological polar surface area (TPSA) is 123 Å². The molecule has 1 atom stereocenters. The molecule has 0 saturated carbocycles. The average molecular weight is 419 g/mol. The molecule has 0 bridgehead atoms. The number of carbonyl (C=O) groups excluding carboxylic acids is 2. The summed E-state index contributed by atoms with van der Waals surface area (Å²) in [6.45, 7) is 0.324. The number of rotatable bonds is 5. The monoisotopic (exact) mass is 419 g/mol. The number of amides is 2. The number of benzene rings is 2. The van der Waals surface area contributed by atoms with Gasteiger partial charge in [-0.15, -0.1) is 0 Å². The highest BCUT2D eigenvalue weighted by Gasteiger charge is 2.31. The predicted molar refractivity (Wildman–Crippen MR) is 117 cm³/mol. The maximum Gasteiger partial charge on any atom is 0.274 e. The van der Waals surface area contributed by atoms with Gasteiger partial charge in [0.1, 0.15) is 24.0 Å². The van der Waals surface area contributed by atoms with E-state index in [9.17, 15) is 9.59 Å². The minimum Gasteiger partial charge on any atom is -0.489 e. The van der Waals surface area contributed by atoms with Crippen LogP contribution in [0.5, 0.6) is 5.75 Å². The fourth-order valence-electron chi connectivity index (χ4n) is 3.26.